The van der Waals surface area contributed by atoms with E-state index in [1.807, 2.05) is 0 Å². The second-order valence-electron chi connectivity index (χ2n) is 26.9. The van der Waals surface area contributed by atoms with Crippen LogP contribution in [0.15, 0.2) is 0 Å². The van der Waals surface area contributed by atoms with Crippen LogP contribution in [-0.2, 0) is 161 Å². The number of ether oxygens (including phenoxy) is 34. The van der Waals surface area contributed by atoms with E-state index < -0.39 is 221 Å². The zero-order valence-corrected chi connectivity index (χ0v) is 64.0. The lowest BCUT2D eigenvalue weighted by atomic mass is 9.91. The van der Waals surface area contributed by atoms with Gasteiger partial charge in [0.2, 0.25) is 0 Å². The molecule has 22 rings (SSSR count). The molecule has 0 amide bonds. The molecule has 0 aromatic carbocycles. The van der Waals surface area contributed by atoms with Gasteiger partial charge in [-0.05, 0) is 12.8 Å². The van der Waals surface area contributed by atoms with Crippen molar-refractivity contribution in [2.75, 3.05) is 188 Å². The van der Waals surface area contributed by atoms with Crippen LogP contribution in [-0.4, -0.2) is 421 Å². The van der Waals surface area contributed by atoms with Crippen LogP contribution in [0.25, 0.3) is 0 Å². The average molecular weight is 1510 g/mol. The van der Waals surface area contributed by atoms with E-state index >= 15 is 0 Å². The molecule has 1 aliphatic carbocycles. The van der Waals surface area contributed by atoms with E-state index in [9.17, 15) is 5.11 Å². The van der Waals surface area contributed by atoms with Gasteiger partial charge in [0.05, 0.1) is 45.7 Å². The van der Waals surface area contributed by atoms with Crippen molar-refractivity contribution >= 4 is 0 Å². The molecule has 14 bridgehead atoms. The summed E-state index contributed by atoms with van der Waals surface area (Å²) in [6, 6.07) is -0.288. The number of aliphatic hydroxyl groups is 1. The third-order valence-electron chi connectivity index (χ3n) is 21.3. The Hall–Kier alpha value is -1.44. The molecule has 36 nitrogen and oxygen atoms in total. The van der Waals surface area contributed by atoms with Crippen LogP contribution in [0.3, 0.4) is 0 Å². The first-order valence-corrected chi connectivity index (χ1v) is 35.5. The highest BCUT2D eigenvalue weighted by molar-refractivity contribution is 5.05. The van der Waals surface area contributed by atoms with Crippen LogP contribution in [0.2, 0.25) is 0 Å². The van der Waals surface area contributed by atoms with Gasteiger partial charge in [-0.2, -0.15) is 0 Å². The Bertz CT molecular complexity index is 2380. The summed E-state index contributed by atoms with van der Waals surface area (Å²) in [6.07, 6.45) is -33.9. The fraction of sp³-hybridized carbons (Fsp3) is 1.00. The van der Waals surface area contributed by atoms with Crippen molar-refractivity contribution in [3.8, 4) is 0 Å². The normalized spacial score (nSPS) is 46.4. The van der Waals surface area contributed by atoms with Gasteiger partial charge in [-0.15, -0.1) is 0 Å². The standard InChI is InChI=1S/C68H121NO35/c1-71-26-35-42-49(78-8)57(86-16)64(93-35)101-44-37(28-73-3)95-66(59(88-18)51(44)80-10)103-46-39(30-75-5)97-68(61(90-20)53(46)82-12)104-47-40(31-76-6)96-67(60(89-19)54(47)83-13)102-45-38(29-74-4)94-65(58(87-17)52(45)81-11)100-43-36(27-72-2)92-63(56(85-15)50(43)79-9)98-41-34(25-69-32-23-21-22-24-33(32)70)91-62(99-42)55(84-14)48(41)77-7/h32-70H,21-31H2,1-20H3/t32?,33?,34-,35-,36-,37-,38-,39-,40-,41-,42-,43-,44-,45-,46-,47-,48+,49+,50+,51+,52+,53+,54+,55-,56-,57-,58-,59-,60-,61-,62-,63-,64-,65-,66-,67-,68-/m1/s1. The molecule has 21 saturated heterocycles. The van der Waals surface area contributed by atoms with Crippen LogP contribution >= 0.6 is 0 Å². The molecule has 1 saturated carbocycles. The van der Waals surface area contributed by atoms with Gasteiger partial charge in [0.1, 0.15) is 171 Å². The van der Waals surface area contributed by atoms with Crippen LogP contribution in [0, 0.1) is 0 Å². The maximum Gasteiger partial charge on any atom is 0.187 e. The molecule has 104 heavy (non-hydrogen) atoms. The minimum atomic E-state index is -1.24. The van der Waals surface area contributed by atoms with Crippen molar-refractivity contribution in [2.45, 2.75) is 253 Å². The van der Waals surface area contributed by atoms with Gasteiger partial charge in [-0.1, -0.05) is 12.8 Å². The average Bonchev–Trinajstić information content (AvgIpc) is 0.767. The minimum Gasteiger partial charge on any atom is -0.392 e. The first-order valence-electron chi connectivity index (χ1n) is 35.5. The molecule has 36 heteroatoms. The Kier molecular flexibility index (Phi) is 35.3. The van der Waals surface area contributed by atoms with E-state index in [-0.39, 0.29) is 52.2 Å². The summed E-state index contributed by atoms with van der Waals surface area (Å²) in [6.45, 7) is -0.157. The molecule has 0 radical (unpaired) electrons. The van der Waals surface area contributed by atoms with Crippen LogP contribution in [0.1, 0.15) is 25.7 Å². The predicted molar refractivity (Wildman–Crippen MR) is 353 cm³/mol. The van der Waals surface area contributed by atoms with Crippen molar-refractivity contribution in [1.82, 2.24) is 5.32 Å². The number of nitrogens with one attached hydrogen (secondary N) is 1. The van der Waals surface area contributed by atoms with Crippen molar-refractivity contribution < 1.29 is 166 Å². The molecule has 608 valence electrons. The molecule has 0 spiro atoms. The van der Waals surface area contributed by atoms with E-state index in [0.29, 0.717) is 12.8 Å². The quantitative estimate of drug-likeness (QED) is 0.0884. The number of hydrogen-bond acceptors (Lipinski definition) is 36. The molecule has 21 heterocycles. The van der Waals surface area contributed by atoms with Gasteiger partial charge < -0.3 is 171 Å². The van der Waals surface area contributed by atoms with Crippen LogP contribution in [0.5, 0.6) is 0 Å². The molecular weight excluding hydrogens is 1390 g/mol. The van der Waals surface area contributed by atoms with Gasteiger partial charge in [-0.25, -0.2) is 0 Å². The van der Waals surface area contributed by atoms with E-state index in [1.54, 1.807) is 0 Å². The van der Waals surface area contributed by atoms with E-state index in [2.05, 4.69) is 5.32 Å². The van der Waals surface area contributed by atoms with Gasteiger partial charge >= 0.3 is 0 Å². The van der Waals surface area contributed by atoms with E-state index in [1.165, 1.54) is 142 Å². The topological polar surface area (TPSA) is 346 Å². The zero-order chi connectivity index (χ0) is 74.9. The second-order valence-corrected chi connectivity index (χ2v) is 26.9. The van der Waals surface area contributed by atoms with Gasteiger partial charge in [0.25, 0.3) is 0 Å². The summed E-state index contributed by atoms with van der Waals surface area (Å²) >= 11 is 0. The Balaban J connectivity index is 1.15. The van der Waals surface area contributed by atoms with Gasteiger partial charge in [0.15, 0.2) is 44.0 Å². The molecule has 37 atom stereocenters. The maximum absolute atomic E-state index is 11.4. The Labute approximate surface area is 610 Å². The lowest BCUT2D eigenvalue weighted by Crippen LogP contribution is -2.69. The lowest BCUT2D eigenvalue weighted by Gasteiger charge is -2.52. The number of methoxy groups -OCH3 is 20. The maximum atomic E-state index is 11.4. The SMILES string of the molecule is COC[C@H]1O[C@@H]2O[C@H]3[C@H](OC)[C@@H](OC)[C@@H](O[C@H]4[C@H](OC)[C@@H](OC)[C@@H](O[C@H]5[C@H](OC)[C@@H](OC)[C@@H](O[C@H]6[C@H](OC)[C@@H](OC)[C@@H](O[C@H]7[C@H](OC)[C@@H](OC)[C@@H](O[C@H]8[C@H](OC)[C@@H](OC)[C@@H](O[C@H]1[C@H](OC)[C@H]2OC)O[C@@H]8CNC1CCCCC1O)O[C@@H]7COC)O[C@@H]6COC)O[C@@H]5COC)O[C@@H]4COC)O[C@@H]3COC. The summed E-state index contributed by atoms with van der Waals surface area (Å²) in [5.74, 6) is 0. The summed E-state index contributed by atoms with van der Waals surface area (Å²) in [5, 5.41) is 14.9. The Morgan fingerprint density at radius 3 is 0.577 bits per heavy atom. The van der Waals surface area contributed by atoms with Crippen molar-refractivity contribution in [1.29, 1.82) is 0 Å². The van der Waals surface area contributed by atoms with Crippen LogP contribution in [0.4, 0.5) is 0 Å². The van der Waals surface area contributed by atoms with Gasteiger partial charge in [0, 0.05) is 155 Å². The summed E-state index contributed by atoms with van der Waals surface area (Å²) in [7, 11) is 30.3. The first kappa shape index (κ1) is 86.5. The lowest BCUT2D eigenvalue weighted by molar-refractivity contribution is -0.402. The predicted octanol–water partition coefficient (Wildman–Crippen LogP) is -1.25. The molecule has 0 aromatic heterocycles. The monoisotopic (exact) mass is 1510 g/mol. The summed E-state index contributed by atoms with van der Waals surface area (Å²) in [5.41, 5.74) is 0. The Morgan fingerprint density at radius 1 is 0.231 bits per heavy atom. The molecule has 0 aromatic rings. The third kappa shape index (κ3) is 19.1. The first-order chi connectivity index (χ1) is 50.6. The summed E-state index contributed by atoms with van der Waals surface area (Å²) in [4.78, 5) is 0. The van der Waals surface area contributed by atoms with Crippen LogP contribution < -0.4 is 5.32 Å². The highest BCUT2D eigenvalue weighted by Gasteiger charge is 2.62. The molecular formula is C68H121NO35. The van der Waals surface area contributed by atoms with E-state index in [4.69, 9.17) is 161 Å². The number of rotatable bonds is 29. The highest BCUT2D eigenvalue weighted by atomic mass is 16.8. The smallest absolute Gasteiger partial charge is 0.187 e. The van der Waals surface area contributed by atoms with E-state index in [0.717, 1.165) is 12.8 Å². The molecule has 22 fully saturated rings. The zero-order valence-electron chi connectivity index (χ0n) is 64.0. The molecule has 21 aliphatic heterocycles. The molecule has 2 unspecified atom stereocenters. The van der Waals surface area contributed by atoms with Crippen molar-refractivity contribution in [3.63, 3.8) is 0 Å². The number of aliphatic hydroxyl groups excluding tert-OH is 1. The molecule has 2 N–H and O–H groups in total. The Morgan fingerprint density at radius 2 is 0.404 bits per heavy atom. The summed E-state index contributed by atoms with van der Waals surface area (Å²) < 4.78 is 222. The third-order valence-corrected chi connectivity index (χ3v) is 21.3. The fourth-order valence-corrected chi connectivity index (χ4v) is 16.3. The van der Waals surface area contributed by atoms with Crippen molar-refractivity contribution in [3.05, 3.63) is 0 Å². The second kappa shape index (κ2) is 42.4. The number of hydrogen-bond donors (Lipinski definition) is 2. The van der Waals surface area contributed by atoms with Gasteiger partial charge in [-0.3, -0.25) is 0 Å². The van der Waals surface area contributed by atoms with Crippen molar-refractivity contribution in [2.24, 2.45) is 0 Å². The largest absolute Gasteiger partial charge is 0.392 e. The molecule has 22 aliphatic rings. The minimum absolute atomic E-state index is 0.0426. The highest BCUT2D eigenvalue weighted by Crippen LogP contribution is 2.43. The fourth-order valence-electron chi connectivity index (χ4n) is 16.3.